The molecule has 1 heterocycles. The first-order valence-corrected chi connectivity index (χ1v) is 8.39. The van der Waals surface area contributed by atoms with Gasteiger partial charge in [-0.05, 0) is 31.9 Å². The van der Waals surface area contributed by atoms with Crippen molar-refractivity contribution in [2.24, 2.45) is 0 Å². The lowest BCUT2D eigenvalue weighted by molar-refractivity contribution is -0.151. The number of piperazine rings is 1. The molecule has 0 spiro atoms. The Hall–Kier alpha value is -0.710. The average Bonchev–Trinajstić information content (AvgIpc) is 2.82. The van der Waals surface area contributed by atoms with E-state index < -0.39 is 0 Å². The summed E-state index contributed by atoms with van der Waals surface area (Å²) < 4.78 is 0. The van der Waals surface area contributed by atoms with Gasteiger partial charge in [-0.15, -0.1) is 0 Å². The lowest BCUT2D eigenvalue weighted by Crippen LogP contribution is -2.65. The van der Waals surface area contributed by atoms with Crippen LogP contribution in [0.2, 0.25) is 0 Å². The molecular formula is C14H24N2O2S. The Bertz CT molecular complexity index is 361. The molecule has 0 aromatic rings. The first-order chi connectivity index (χ1) is 9.10. The standard InChI is InChI=1S/C14H24N2O2S/c1-4-10-13(17)15-9(3)14(18)16(10)11-7-6-8-12(11)19-5-2/h9-12H,4-8H2,1-3H3,(H,15,17). The van der Waals surface area contributed by atoms with Gasteiger partial charge in [-0.1, -0.05) is 20.3 Å². The zero-order valence-corrected chi connectivity index (χ0v) is 12.8. The van der Waals surface area contributed by atoms with Crippen LogP contribution in [0, 0.1) is 0 Å². The number of hydrogen-bond donors (Lipinski definition) is 1. The maximum atomic E-state index is 12.5. The molecule has 1 aliphatic carbocycles. The van der Waals surface area contributed by atoms with Gasteiger partial charge in [0.25, 0.3) is 0 Å². The Labute approximate surface area is 119 Å². The van der Waals surface area contributed by atoms with Crippen molar-refractivity contribution in [3.05, 3.63) is 0 Å². The van der Waals surface area contributed by atoms with E-state index in [1.807, 2.05) is 23.6 Å². The van der Waals surface area contributed by atoms with Crippen LogP contribution in [0.1, 0.15) is 46.5 Å². The van der Waals surface area contributed by atoms with Gasteiger partial charge in [-0.25, -0.2) is 0 Å². The molecule has 2 amide bonds. The molecular weight excluding hydrogens is 260 g/mol. The van der Waals surface area contributed by atoms with Crippen LogP contribution in [-0.4, -0.2) is 45.8 Å². The molecule has 0 aromatic heterocycles. The highest BCUT2D eigenvalue weighted by Gasteiger charge is 2.44. The molecule has 4 unspecified atom stereocenters. The van der Waals surface area contributed by atoms with Crippen LogP contribution in [0.25, 0.3) is 0 Å². The molecule has 1 saturated carbocycles. The third-order valence-electron chi connectivity index (χ3n) is 4.16. The highest BCUT2D eigenvalue weighted by molar-refractivity contribution is 7.99. The van der Waals surface area contributed by atoms with E-state index in [1.54, 1.807) is 6.92 Å². The number of carbonyl (C=O) groups excluding carboxylic acids is 2. The SMILES string of the molecule is CCSC1CCCC1N1C(=O)C(C)NC(=O)C1CC. The van der Waals surface area contributed by atoms with E-state index in [2.05, 4.69) is 12.2 Å². The molecule has 1 N–H and O–H groups in total. The van der Waals surface area contributed by atoms with Crippen LogP contribution in [0.5, 0.6) is 0 Å². The minimum absolute atomic E-state index is 0.0155. The van der Waals surface area contributed by atoms with Gasteiger partial charge in [0, 0.05) is 11.3 Å². The van der Waals surface area contributed by atoms with Crippen molar-refractivity contribution in [2.75, 3.05) is 5.75 Å². The number of rotatable bonds is 4. The van der Waals surface area contributed by atoms with Crippen LogP contribution in [-0.2, 0) is 9.59 Å². The van der Waals surface area contributed by atoms with Crippen molar-refractivity contribution in [3.8, 4) is 0 Å². The number of thioether (sulfide) groups is 1. The first-order valence-electron chi connectivity index (χ1n) is 7.34. The molecule has 0 bridgehead atoms. The topological polar surface area (TPSA) is 49.4 Å². The predicted molar refractivity (Wildman–Crippen MR) is 78.1 cm³/mol. The maximum Gasteiger partial charge on any atom is 0.245 e. The molecule has 5 heteroatoms. The van der Waals surface area contributed by atoms with Gasteiger partial charge in [-0.3, -0.25) is 9.59 Å². The van der Waals surface area contributed by atoms with E-state index in [4.69, 9.17) is 0 Å². The number of hydrogen-bond acceptors (Lipinski definition) is 3. The fraction of sp³-hybridized carbons (Fsp3) is 0.857. The van der Waals surface area contributed by atoms with Gasteiger partial charge >= 0.3 is 0 Å². The van der Waals surface area contributed by atoms with Gasteiger partial charge in [0.15, 0.2) is 0 Å². The Morgan fingerprint density at radius 1 is 1.32 bits per heavy atom. The second kappa shape index (κ2) is 6.16. The molecule has 2 fully saturated rings. The van der Waals surface area contributed by atoms with Crippen molar-refractivity contribution in [2.45, 2.75) is 69.8 Å². The Balaban J connectivity index is 2.22. The fourth-order valence-electron chi connectivity index (χ4n) is 3.28. The number of amides is 2. The van der Waals surface area contributed by atoms with Gasteiger partial charge in [0.2, 0.25) is 11.8 Å². The van der Waals surface area contributed by atoms with Crippen LogP contribution >= 0.6 is 11.8 Å². The zero-order chi connectivity index (χ0) is 14.0. The molecule has 2 aliphatic rings. The summed E-state index contributed by atoms with van der Waals surface area (Å²) in [6.07, 6.45) is 4.07. The lowest BCUT2D eigenvalue weighted by atomic mass is 10.0. The van der Waals surface area contributed by atoms with Crippen LogP contribution < -0.4 is 5.32 Å². The smallest absolute Gasteiger partial charge is 0.245 e. The van der Waals surface area contributed by atoms with Crippen molar-refractivity contribution < 1.29 is 9.59 Å². The van der Waals surface area contributed by atoms with E-state index in [1.165, 1.54) is 12.8 Å². The van der Waals surface area contributed by atoms with Gasteiger partial charge < -0.3 is 10.2 Å². The number of carbonyl (C=O) groups is 2. The largest absolute Gasteiger partial charge is 0.343 e. The maximum absolute atomic E-state index is 12.5. The van der Waals surface area contributed by atoms with Crippen molar-refractivity contribution >= 4 is 23.6 Å². The quantitative estimate of drug-likeness (QED) is 0.856. The summed E-state index contributed by atoms with van der Waals surface area (Å²) in [4.78, 5) is 26.5. The summed E-state index contributed by atoms with van der Waals surface area (Å²) in [7, 11) is 0. The number of nitrogens with one attached hydrogen (secondary N) is 1. The van der Waals surface area contributed by atoms with Crippen LogP contribution in [0.15, 0.2) is 0 Å². The minimum Gasteiger partial charge on any atom is -0.343 e. The van der Waals surface area contributed by atoms with Crippen molar-refractivity contribution in [1.29, 1.82) is 0 Å². The Morgan fingerprint density at radius 2 is 2.05 bits per heavy atom. The fourth-order valence-corrected chi connectivity index (χ4v) is 4.54. The molecule has 4 nitrogen and oxygen atoms in total. The van der Waals surface area contributed by atoms with Gasteiger partial charge in [0.1, 0.15) is 12.1 Å². The molecule has 108 valence electrons. The molecule has 2 rings (SSSR count). The summed E-state index contributed by atoms with van der Waals surface area (Å²) in [5.41, 5.74) is 0. The first kappa shape index (κ1) is 14.7. The van der Waals surface area contributed by atoms with Gasteiger partial charge in [0.05, 0.1) is 0 Å². The molecule has 1 saturated heterocycles. The highest BCUT2D eigenvalue weighted by atomic mass is 32.2. The van der Waals surface area contributed by atoms with Crippen LogP contribution in [0.4, 0.5) is 0 Å². The van der Waals surface area contributed by atoms with E-state index in [0.29, 0.717) is 11.7 Å². The van der Waals surface area contributed by atoms with E-state index >= 15 is 0 Å². The summed E-state index contributed by atoms with van der Waals surface area (Å²) in [5.74, 6) is 1.18. The molecule has 19 heavy (non-hydrogen) atoms. The minimum atomic E-state index is -0.372. The second-order valence-electron chi connectivity index (χ2n) is 5.39. The molecule has 0 radical (unpaired) electrons. The molecule has 1 aliphatic heterocycles. The zero-order valence-electron chi connectivity index (χ0n) is 12.0. The van der Waals surface area contributed by atoms with E-state index in [0.717, 1.165) is 12.2 Å². The summed E-state index contributed by atoms with van der Waals surface area (Å²) >= 11 is 1.93. The van der Waals surface area contributed by atoms with Crippen molar-refractivity contribution in [1.82, 2.24) is 10.2 Å². The Morgan fingerprint density at radius 3 is 2.68 bits per heavy atom. The number of nitrogens with zero attached hydrogens (tertiary/aromatic N) is 1. The lowest BCUT2D eigenvalue weighted by Gasteiger charge is -2.43. The monoisotopic (exact) mass is 284 g/mol. The van der Waals surface area contributed by atoms with E-state index in [9.17, 15) is 9.59 Å². The molecule has 0 aromatic carbocycles. The second-order valence-corrected chi connectivity index (χ2v) is 6.91. The van der Waals surface area contributed by atoms with E-state index in [-0.39, 0.29) is 29.9 Å². The summed E-state index contributed by atoms with van der Waals surface area (Å²) in [6, 6.07) is -0.397. The summed E-state index contributed by atoms with van der Waals surface area (Å²) in [6.45, 7) is 5.93. The average molecular weight is 284 g/mol. The van der Waals surface area contributed by atoms with Crippen LogP contribution in [0.3, 0.4) is 0 Å². The highest BCUT2D eigenvalue weighted by Crippen LogP contribution is 2.35. The van der Waals surface area contributed by atoms with Crippen molar-refractivity contribution in [3.63, 3.8) is 0 Å². The third kappa shape index (κ3) is 2.76. The molecule has 4 atom stereocenters. The summed E-state index contributed by atoms with van der Waals surface area (Å²) in [5, 5.41) is 3.29. The normalized spacial score (nSPS) is 35.6. The third-order valence-corrected chi connectivity index (χ3v) is 5.48. The predicted octanol–water partition coefficient (Wildman–Crippen LogP) is 1.79. The Kier molecular flexibility index (Phi) is 4.76. The van der Waals surface area contributed by atoms with Gasteiger partial charge in [-0.2, -0.15) is 11.8 Å².